The largest absolute Gasteiger partial charge is 0.370 e. The van der Waals surface area contributed by atoms with Crippen molar-refractivity contribution in [3.63, 3.8) is 0 Å². The van der Waals surface area contributed by atoms with Crippen molar-refractivity contribution in [1.82, 2.24) is 34.9 Å². The number of benzene rings is 2. The normalized spacial score (nSPS) is 25.0. The number of aromatic nitrogens is 2. The molecule has 18 nitrogen and oxygen atoms in total. The first-order valence-electron chi connectivity index (χ1n) is 22.5. The van der Waals surface area contributed by atoms with Crippen LogP contribution in [-0.4, -0.2) is 113 Å². The van der Waals surface area contributed by atoms with E-state index >= 15 is 0 Å². The van der Waals surface area contributed by atoms with Crippen molar-refractivity contribution < 1.29 is 37.2 Å². The summed E-state index contributed by atoms with van der Waals surface area (Å²) >= 11 is 0. The van der Waals surface area contributed by atoms with E-state index in [1.54, 1.807) is 28.6 Å². The molecular weight excluding hydrogens is 843 g/mol. The van der Waals surface area contributed by atoms with E-state index in [4.69, 9.17) is 11.5 Å². The summed E-state index contributed by atoms with van der Waals surface area (Å²) in [6.07, 6.45) is 9.39. The highest BCUT2D eigenvalue weighted by atomic mass is 32.2. The zero-order valence-electron chi connectivity index (χ0n) is 36.6. The Balaban J connectivity index is 0.883. The summed E-state index contributed by atoms with van der Waals surface area (Å²) in [6, 6.07) is 8.45. The van der Waals surface area contributed by atoms with Crippen molar-refractivity contribution in [3.05, 3.63) is 64.1 Å². The Morgan fingerprint density at radius 2 is 1.59 bits per heavy atom. The van der Waals surface area contributed by atoms with Crippen molar-refractivity contribution in [3.8, 4) is 0 Å². The third kappa shape index (κ3) is 10.7. The Labute approximate surface area is 372 Å². The number of hydrogen-bond donors (Lipinski definition) is 5. The number of fused-ring (bicyclic) bond motifs is 2. The molecule has 19 heteroatoms. The Bertz CT molecular complexity index is 2440. The predicted octanol–water partition coefficient (Wildman–Crippen LogP) is 0.920. The van der Waals surface area contributed by atoms with Gasteiger partial charge in [-0.1, -0.05) is 31.0 Å². The van der Waals surface area contributed by atoms with Gasteiger partial charge in [-0.05, 0) is 112 Å². The number of imide groups is 1. The van der Waals surface area contributed by atoms with E-state index in [-0.39, 0.29) is 54.2 Å². The maximum atomic E-state index is 13.9. The summed E-state index contributed by atoms with van der Waals surface area (Å²) in [5.41, 5.74) is 14.9. The standard InChI is InChI=1S/C45H61N9O9S/c1-51-38-24-30(9-14-35(38)54(45(51)61)37-16-18-40(56)50-43(37)59)23-28-5-3-27(4-6-28)19-21-52-22-20-31-10-15-36(53(31)44(60)33(46)26-52)42(58)49-34(13-17-39(47)55)41(57)48-25-29-7-11-32(12-8-29)64(2,62)63/h7-9,11-12,14,24,27-28,31,33-34,36-37H,3-6,10,13,15-23,25-26,46H2,1-2H3,(H2,47,55)(H,48,57)(H,49,58)(H,50,56,59)/t27?,28?,31-,33+,34+,36+,37?/m1/s1. The molecule has 3 aromatic rings. The lowest BCUT2D eigenvalue weighted by molar-refractivity contribution is -0.143. The van der Waals surface area contributed by atoms with E-state index in [2.05, 4.69) is 26.9 Å². The van der Waals surface area contributed by atoms with Gasteiger partial charge in [0.2, 0.25) is 35.4 Å². The van der Waals surface area contributed by atoms with Crippen molar-refractivity contribution in [2.45, 2.75) is 125 Å². The molecule has 3 aliphatic heterocycles. The number of imidazole rings is 1. The number of carbonyl (C=O) groups is 6. The average molecular weight is 904 g/mol. The highest BCUT2D eigenvalue weighted by Crippen LogP contribution is 2.35. The van der Waals surface area contributed by atoms with E-state index in [0.717, 1.165) is 69.0 Å². The van der Waals surface area contributed by atoms with Gasteiger partial charge < -0.3 is 31.9 Å². The van der Waals surface area contributed by atoms with Gasteiger partial charge in [0.05, 0.1) is 22.0 Å². The van der Waals surface area contributed by atoms with Crippen LogP contribution < -0.4 is 33.1 Å². The number of nitrogens with one attached hydrogen (secondary N) is 3. The number of primary amides is 1. The Kier molecular flexibility index (Phi) is 14.4. The number of aryl methyl sites for hydroxylation is 1. The van der Waals surface area contributed by atoms with Crippen LogP contribution in [0.2, 0.25) is 0 Å². The topological polar surface area (TPSA) is 258 Å². The fraction of sp³-hybridized carbons (Fsp3) is 0.578. The first-order chi connectivity index (χ1) is 30.5. The summed E-state index contributed by atoms with van der Waals surface area (Å²) in [5, 5.41) is 7.88. The van der Waals surface area contributed by atoms with Gasteiger partial charge in [-0.25, -0.2) is 13.2 Å². The van der Waals surface area contributed by atoms with Crippen LogP contribution in [0.1, 0.15) is 94.2 Å². The molecule has 5 atom stereocenters. The molecule has 4 aliphatic rings. The van der Waals surface area contributed by atoms with Gasteiger partial charge in [-0.2, -0.15) is 0 Å². The quantitative estimate of drug-likeness (QED) is 0.134. The maximum absolute atomic E-state index is 13.9. The molecule has 64 heavy (non-hydrogen) atoms. The Morgan fingerprint density at radius 3 is 2.28 bits per heavy atom. The zero-order valence-corrected chi connectivity index (χ0v) is 37.4. The van der Waals surface area contributed by atoms with Gasteiger partial charge in [-0.3, -0.25) is 43.2 Å². The Hall–Kier alpha value is -5.40. The van der Waals surface area contributed by atoms with Crippen molar-refractivity contribution >= 4 is 56.3 Å². The van der Waals surface area contributed by atoms with E-state index in [1.165, 1.54) is 16.7 Å². The highest BCUT2D eigenvalue weighted by Gasteiger charge is 2.44. The molecule has 3 saturated heterocycles. The van der Waals surface area contributed by atoms with Crippen molar-refractivity contribution in [1.29, 1.82) is 0 Å². The summed E-state index contributed by atoms with van der Waals surface area (Å²) in [4.78, 5) is 94.2. The van der Waals surface area contributed by atoms with Gasteiger partial charge in [0.25, 0.3) is 0 Å². The van der Waals surface area contributed by atoms with Gasteiger partial charge in [0.15, 0.2) is 9.84 Å². The van der Waals surface area contributed by atoms with E-state index in [1.807, 2.05) is 12.1 Å². The molecule has 7 rings (SSSR count). The van der Waals surface area contributed by atoms with Crippen LogP contribution in [0.3, 0.4) is 0 Å². The molecule has 0 radical (unpaired) electrons. The first-order valence-corrected chi connectivity index (χ1v) is 24.3. The molecule has 1 aliphatic carbocycles. The lowest BCUT2D eigenvalue weighted by atomic mass is 9.78. The maximum Gasteiger partial charge on any atom is 0.329 e. The van der Waals surface area contributed by atoms with Crippen LogP contribution in [-0.2, 0) is 58.6 Å². The minimum Gasteiger partial charge on any atom is -0.370 e. The minimum absolute atomic E-state index is 0.0373. The monoisotopic (exact) mass is 903 g/mol. The number of amides is 6. The van der Waals surface area contributed by atoms with Crippen LogP contribution in [0, 0.1) is 11.8 Å². The van der Waals surface area contributed by atoms with E-state index < -0.39 is 57.6 Å². The second kappa shape index (κ2) is 19.8. The van der Waals surface area contributed by atoms with Crippen LogP contribution in [0.4, 0.5) is 0 Å². The van der Waals surface area contributed by atoms with Crippen LogP contribution in [0.15, 0.2) is 52.2 Å². The molecule has 1 saturated carbocycles. The van der Waals surface area contributed by atoms with Gasteiger partial charge in [-0.15, -0.1) is 0 Å². The summed E-state index contributed by atoms with van der Waals surface area (Å²) < 4.78 is 26.7. The molecule has 1 aromatic heterocycles. The number of carbonyl (C=O) groups excluding carboxylic acids is 6. The molecule has 2 aromatic carbocycles. The smallest absolute Gasteiger partial charge is 0.329 e. The SMILES string of the molecule is Cn1c(=O)n(C2CCC(=O)NC2=O)c2ccc(CC3CCC(CCN4CC[C@H]5CC[C@@H](C(=O)N[C@@H](CCC(N)=O)C(=O)NCc6ccc(S(C)(=O)=O)cc6)N5C(=O)[C@@H](N)C4)CC3)cc21. The van der Waals surface area contributed by atoms with E-state index in [0.29, 0.717) is 55.1 Å². The average Bonchev–Trinajstić information content (AvgIpc) is 3.79. The molecule has 7 N–H and O–H groups in total. The van der Waals surface area contributed by atoms with Gasteiger partial charge >= 0.3 is 5.69 Å². The lowest BCUT2D eigenvalue weighted by Crippen LogP contribution is -2.60. The number of hydrogen-bond acceptors (Lipinski definition) is 11. The second-order valence-electron chi connectivity index (χ2n) is 18.3. The van der Waals surface area contributed by atoms with E-state index in [9.17, 15) is 42.0 Å². The molecule has 4 fully saturated rings. The molecule has 346 valence electrons. The Morgan fingerprint density at radius 1 is 0.891 bits per heavy atom. The first kappa shape index (κ1) is 46.6. The van der Waals surface area contributed by atoms with Crippen molar-refractivity contribution in [2.24, 2.45) is 30.4 Å². The number of sulfone groups is 1. The molecule has 1 unspecified atom stereocenters. The molecule has 4 heterocycles. The van der Waals surface area contributed by atoms with Crippen LogP contribution >= 0.6 is 0 Å². The summed E-state index contributed by atoms with van der Waals surface area (Å²) in [6.45, 7) is 1.98. The second-order valence-corrected chi connectivity index (χ2v) is 20.3. The lowest BCUT2D eigenvalue weighted by Gasteiger charge is -2.38. The highest BCUT2D eigenvalue weighted by molar-refractivity contribution is 7.90. The predicted molar refractivity (Wildman–Crippen MR) is 237 cm³/mol. The van der Waals surface area contributed by atoms with Crippen LogP contribution in [0.25, 0.3) is 11.0 Å². The molecule has 0 spiro atoms. The summed E-state index contributed by atoms with van der Waals surface area (Å²) in [5.74, 6) is -1.66. The molecule has 0 bridgehead atoms. The van der Waals surface area contributed by atoms with Gasteiger partial charge in [0, 0.05) is 51.8 Å². The summed E-state index contributed by atoms with van der Waals surface area (Å²) in [7, 11) is -1.67. The number of piperidine rings is 1. The number of nitrogens with two attached hydrogens (primary N) is 2. The number of nitrogens with zero attached hydrogens (tertiary/aromatic N) is 4. The molecular formula is C45H61N9O9S. The molecule has 6 amide bonds. The fourth-order valence-electron chi connectivity index (χ4n) is 10.1. The minimum atomic E-state index is -3.38. The van der Waals surface area contributed by atoms with Gasteiger partial charge in [0.1, 0.15) is 18.1 Å². The fourth-order valence-corrected chi connectivity index (χ4v) is 10.7. The van der Waals surface area contributed by atoms with Crippen molar-refractivity contribution in [2.75, 3.05) is 25.9 Å². The third-order valence-corrected chi connectivity index (χ3v) is 14.9. The van der Waals surface area contributed by atoms with Crippen LogP contribution in [0.5, 0.6) is 0 Å². The zero-order chi connectivity index (χ0) is 45.9. The number of rotatable bonds is 15. The third-order valence-electron chi connectivity index (χ3n) is 13.8.